The van der Waals surface area contributed by atoms with E-state index in [1.807, 2.05) is 0 Å². The molecule has 33 heavy (non-hydrogen) atoms. The maximum atomic E-state index is 13.7. The number of carbonyl (C=O) groups is 3. The Morgan fingerprint density at radius 3 is 1.70 bits per heavy atom. The Bertz CT molecular complexity index is 1210. The lowest BCUT2D eigenvalue weighted by molar-refractivity contribution is 0.0728. The number of hydrogen-bond donors (Lipinski definition) is 0. The highest BCUT2D eigenvalue weighted by Gasteiger charge is 2.42. The Morgan fingerprint density at radius 1 is 0.606 bits per heavy atom. The third-order valence-corrected chi connectivity index (χ3v) is 5.55. The lowest BCUT2D eigenvalue weighted by Gasteiger charge is -2.24. The van der Waals surface area contributed by atoms with Gasteiger partial charge in [0.05, 0.1) is 5.92 Å². The number of halogens is 1. The van der Waals surface area contributed by atoms with Crippen molar-refractivity contribution in [3.63, 3.8) is 0 Å². The van der Waals surface area contributed by atoms with Gasteiger partial charge in [0.1, 0.15) is 17.3 Å². The molecule has 0 amide bonds. The molecule has 0 saturated heterocycles. The van der Waals surface area contributed by atoms with Gasteiger partial charge >= 0.3 is 0 Å². The van der Waals surface area contributed by atoms with Gasteiger partial charge in [-0.1, -0.05) is 66.2 Å². The molecule has 5 nitrogen and oxygen atoms in total. The number of rotatable bonds is 8. The first kappa shape index (κ1) is 22.2. The van der Waals surface area contributed by atoms with E-state index in [1.54, 1.807) is 84.9 Å². The second-order valence-electron chi connectivity index (χ2n) is 7.40. The SMILES string of the molecule is O=C(c1ccccc1)C(C(=O)c1ccccn1)C(C(=O)c1ccccn1)c1ccc(Cl)cc1. The summed E-state index contributed by atoms with van der Waals surface area (Å²) < 4.78 is 0. The Kier molecular flexibility index (Phi) is 6.81. The first-order chi connectivity index (χ1) is 16.1. The van der Waals surface area contributed by atoms with Crippen LogP contribution in [0.25, 0.3) is 0 Å². The van der Waals surface area contributed by atoms with Crippen LogP contribution in [0.3, 0.4) is 0 Å². The molecule has 2 aromatic heterocycles. The maximum absolute atomic E-state index is 13.7. The zero-order valence-corrected chi connectivity index (χ0v) is 18.2. The average Bonchev–Trinajstić information content (AvgIpc) is 2.88. The van der Waals surface area contributed by atoms with E-state index >= 15 is 0 Å². The van der Waals surface area contributed by atoms with Gasteiger partial charge in [0.15, 0.2) is 17.3 Å². The molecule has 2 unspecified atom stereocenters. The summed E-state index contributed by atoms with van der Waals surface area (Å²) >= 11 is 6.07. The summed E-state index contributed by atoms with van der Waals surface area (Å²) in [7, 11) is 0. The minimum absolute atomic E-state index is 0.111. The Balaban J connectivity index is 1.90. The molecule has 2 atom stereocenters. The first-order valence-corrected chi connectivity index (χ1v) is 10.7. The molecule has 4 aromatic rings. The minimum Gasteiger partial charge on any atom is -0.293 e. The van der Waals surface area contributed by atoms with Crippen LogP contribution >= 0.6 is 11.6 Å². The van der Waals surface area contributed by atoms with Gasteiger partial charge in [0, 0.05) is 23.0 Å². The lowest BCUT2D eigenvalue weighted by Crippen LogP contribution is -2.35. The van der Waals surface area contributed by atoms with Crippen molar-refractivity contribution >= 4 is 29.0 Å². The summed E-state index contributed by atoms with van der Waals surface area (Å²) in [6.45, 7) is 0. The summed E-state index contributed by atoms with van der Waals surface area (Å²) in [6, 6.07) is 24.9. The van der Waals surface area contributed by atoms with E-state index in [9.17, 15) is 14.4 Å². The van der Waals surface area contributed by atoms with E-state index < -0.39 is 29.2 Å². The number of Topliss-reactive ketones (excluding diaryl/α,β-unsaturated/α-hetero) is 3. The number of nitrogens with zero attached hydrogens (tertiary/aromatic N) is 2. The van der Waals surface area contributed by atoms with Gasteiger partial charge in [-0.3, -0.25) is 24.4 Å². The molecule has 6 heteroatoms. The highest BCUT2D eigenvalue weighted by atomic mass is 35.5. The van der Waals surface area contributed by atoms with Crippen molar-refractivity contribution in [2.45, 2.75) is 5.92 Å². The van der Waals surface area contributed by atoms with Gasteiger partial charge in [-0.25, -0.2) is 0 Å². The number of carbonyl (C=O) groups excluding carboxylic acids is 3. The molecule has 2 heterocycles. The highest BCUT2D eigenvalue weighted by molar-refractivity contribution is 6.30. The van der Waals surface area contributed by atoms with Crippen LogP contribution in [0.4, 0.5) is 0 Å². The molecule has 0 aliphatic heterocycles. The third-order valence-electron chi connectivity index (χ3n) is 5.30. The van der Waals surface area contributed by atoms with Crippen molar-refractivity contribution in [2.75, 3.05) is 0 Å². The van der Waals surface area contributed by atoms with Crippen LogP contribution in [-0.2, 0) is 0 Å². The quantitative estimate of drug-likeness (QED) is 0.260. The summed E-state index contributed by atoms with van der Waals surface area (Å²) in [5, 5.41) is 0.477. The standard InChI is InChI=1S/C27H19ClN2O3/c28-20-14-12-18(13-15-20)23(26(32)21-10-4-6-16-29-21)24(25(31)19-8-2-1-3-9-19)27(33)22-11-5-7-17-30-22/h1-17,23-24H. The van der Waals surface area contributed by atoms with Gasteiger partial charge in [-0.15, -0.1) is 0 Å². The van der Waals surface area contributed by atoms with Gasteiger partial charge in [0.25, 0.3) is 0 Å². The van der Waals surface area contributed by atoms with Gasteiger partial charge in [0.2, 0.25) is 0 Å². The largest absolute Gasteiger partial charge is 0.293 e. The predicted octanol–water partition coefficient (Wildman–Crippen LogP) is 5.48. The Morgan fingerprint density at radius 2 is 1.15 bits per heavy atom. The van der Waals surface area contributed by atoms with Crippen LogP contribution in [0.5, 0.6) is 0 Å². The maximum Gasteiger partial charge on any atom is 0.193 e. The Hall–Kier alpha value is -3.96. The van der Waals surface area contributed by atoms with Crippen LogP contribution in [0.1, 0.15) is 42.8 Å². The van der Waals surface area contributed by atoms with E-state index in [4.69, 9.17) is 11.6 Å². The van der Waals surface area contributed by atoms with E-state index in [0.717, 1.165) is 0 Å². The van der Waals surface area contributed by atoms with Gasteiger partial charge in [-0.2, -0.15) is 0 Å². The van der Waals surface area contributed by atoms with Crippen molar-refractivity contribution in [3.05, 3.63) is 131 Å². The fourth-order valence-electron chi connectivity index (χ4n) is 3.70. The van der Waals surface area contributed by atoms with Gasteiger partial charge < -0.3 is 0 Å². The van der Waals surface area contributed by atoms with E-state index in [0.29, 0.717) is 16.1 Å². The van der Waals surface area contributed by atoms with Gasteiger partial charge in [-0.05, 0) is 42.0 Å². The van der Waals surface area contributed by atoms with E-state index in [1.165, 1.54) is 18.5 Å². The number of ketones is 3. The molecule has 4 rings (SSSR count). The molecule has 0 saturated carbocycles. The molecule has 0 bridgehead atoms. The normalized spacial score (nSPS) is 12.5. The topological polar surface area (TPSA) is 77.0 Å². The second kappa shape index (κ2) is 10.1. The van der Waals surface area contributed by atoms with Crippen molar-refractivity contribution < 1.29 is 14.4 Å². The average molecular weight is 455 g/mol. The van der Waals surface area contributed by atoms with Crippen LogP contribution in [0.15, 0.2) is 103 Å². The summed E-state index contributed by atoms with van der Waals surface area (Å²) in [5.74, 6) is -3.88. The second-order valence-corrected chi connectivity index (χ2v) is 7.83. The minimum atomic E-state index is -1.34. The molecule has 0 N–H and O–H groups in total. The summed E-state index contributed by atoms with van der Waals surface area (Å²) in [4.78, 5) is 49.5. The van der Waals surface area contributed by atoms with Crippen LogP contribution in [-0.4, -0.2) is 27.3 Å². The van der Waals surface area contributed by atoms with E-state index in [-0.39, 0.29) is 11.4 Å². The molecule has 0 aliphatic carbocycles. The van der Waals surface area contributed by atoms with Crippen LogP contribution in [0, 0.1) is 5.92 Å². The lowest BCUT2D eigenvalue weighted by atomic mass is 9.75. The van der Waals surface area contributed by atoms with Crippen molar-refractivity contribution in [1.29, 1.82) is 0 Å². The first-order valence-electron chi connectivity index (χ1n) is 10.3. The number of hydrogen-bond acceptors (Lipinski definition) is 5. The Labute approximate surface area is 196 Å². The summed E-state index contributed by atoms with van der Waals surface area (Å²) in [5.41, 5.74) is 1.10. The van der Waals surface area contributed by atoms with E-state index in [2.05, 4.69) is 9.97 Å². The fraction of sp³-hybridized carbons (Fsp3) is 0.0741. The molecular formula is C27H19ClN2O3. The van der Waals surface area contributed by atoms with Crippen LogP contribution < -0.4 is 0 Å². The number of benzene rings is 2. The smallest absolute Gasteiger partial charge is 0.193 e. The molecule has 2 aromatic carbocycles. The third kappa shape index (κ3) is 4.94. The highest BCUT2D eigenvalue weighted by Crippen LogP contribution is 2.34. The molecule has 0 spiro atoms. The van der Waals surface area contributed by atoms with Crippen molar-refractivity contribution in [1.82, 2.24) is 9.97 Å². The van der Waals surface area contributed by atoms with Crippen molar-refractivity contribution in [3.8, 4) is 0 Å². The fourth-order valence-corrected chi connectivity index (χ4v) is 3.83. The zero-order chi connectivity index (χ0) is 23.2. The number of pyridine rings is 2. The molecule has 0 fully saturated rings. The van der Waals surface area contributed by atoms with Crippen molar-refractivity contribution in [2.24, 2.45) is 5.92 Å². The molecular weight excluding hydrogens is 436 g/mol. The molecule has 0 radical (unpaired) electrons. The molecule has 0 aliphatic rings. The van der Waals surface area contributed by atoms with Crippen LogP contribution in [0.2, 0.25) is 5.02 Å². The predicted molar refractivity (Wildman–Crippen MR) is 126 cm³/mol. The monoisotopic (exact) mass is 454 g/mol. The zero-order valence-electron chi connectivity index (χ0n) is 17.5. The molecule has 162 valence electrons. The summed E-state index contributed by atoms with van der Waals surface area (Å²) in [6.07, 6.45) is 2.98. The number of aromatic nitrogens is 2.